The number of amides is 2. The number of nitrogens with zero attached hydrogens (tertiary/aromatic N) is 1. The van der Waals surface area contributed by atoms with Crippen LogP contribution in [0.2, 0.25) is 0 Å². The van der Waals surface area contributed by atoms with Crippen LogP contribution in [-0.2, 0) is 9.59 Å². The first-order valence-corrected chi connectivity index (χ1v) is 8.00. The Labute approximate surface area is 133 Å². The molecule has 0 spiro atoms. The number of carbonyl (C=O) groups excluding carboxylic acids is 2. The number of benzene rings is 2. The molecule has 2 aromatic carbocycles. The molecule has 5 heteroatoms. The van der Waals surface area contributed by atoms with Gasteiger partial charge in [-0.05, 0) is 6.26 Å². The van der Waals surface area contributed by atoms with Crippen LogP contribution in [-0.4, -0.2) is 29.7 Å². The molecule has 1 atom stereocenters. The number of imide groups is 1. The standard InChI is InChI=1S/C17H16N2O2S/c1-22-17(16(21)18-12-20)19-15(13-8-4-2-5-9-13)14-10-6-3-7-11-14/h2-12,17H,1H3,(H,18,20,21). The summed E-state index contributed by atoms with van der Waals surface area (Å²) < 4.78 is 0. The smallest absolute Gasteiger partial charge is 0.261 e. The van der Waals surface area contributed by atoms with Crippen LogP contribution in [0.4, 0.5) is 0 Å². The Balaban J connectivity index is 2.46. The van der Waals surface area contributed by atoms with E-state index in [9.17, 15) is 9.59 Å². The van der Waals surface area contributed by atoms with Crippen LogP contribution in [0.3, 0.4) is 0 Å². The fourth-order valence-corrected chi connectivity index (χ4v) is 2.47. The summed E-state index contributed by atoms with van der Waals surface area (Å²) in [5, 5.41) is 1.48. The normalized spacial score (nSPS) is 11.3. The summed E-state index contributed by atoms with van der Waals surface area (Å²) in [6.45, 7) is 0. The second-order valence-electron chi connectivity index (χ2n) is 4.42. The maximum atomic E-state index is 11.9. The predicted octanol–water partition coefficient (Wildman–Crippen LogP) is 2.49. The Morgan fingerprint density at radius 1 is 1.05 bits per heavy atom. The molecule has 0 heterocycles. The Bertz CT molecular complexity index is 615. The number of nitrogens with one attached hydrogen (secondary N) is 1. The maximum absolute atomic E-state index is 11.9. The average molecular weight is 312 g/mol. The first-order chi connectivity index (χ1) is 10.8. The molecule has 22 heavy (non-hydrogen) atoms. The van der Waals surface area contributed by atoms with E-state index in [4.69, 9.17) is 0 Å². The van der Waals surface area contributed by atoms with Crippen LogP contribution < -0.4 is 5.32 Å². The SMILES string of the molecule is CSC(N=C(c1ccccc1)c1ccccc1)C(=O)NC=O. The Hall–Kier alpha value is -2.40. The molecule has 0 saturated heterocycles. The van der Waals surface area contributed by atoms with Gasteiger partial charge in [-0.2, -0.15) is 0 Å². The summed E-state index contributed by atoms with van der Waals surface area (Å²) in [6, 6.07) is 19.3. The molecular formula is C17H16N2O2S. The largest absolute Gasteiger partial charge is 0.296 e. The van der Waals surface area contributed by atoms with Crippen molar-refractivity contribution in [2.45, 2.75) is 5.37 Å². The summed E-state index contributed by atoms with van der Waals surface area (Å²) >= 11 is 1.28. The van der Waals surface area contributed by atoms with Gasteiger partial charge in [0.1, 0.15) is 0 Å². The zero-order valence-corrected chi connectivity index (χ0v) is 12.9. The molecule has 2 rings (SSSR count). The van der Waals surface area contributed by atoms with Crippen molar-refractivity contribution in [1.29, 1.82) is 0 Å². The van der Waals surface area contributed by atoms with E-state index in [0.717, 1.165) is 16.8 Å². The van der Waals surface area contributed by atoms with Crippen LogP contribution in [0.1, 0.15) is 11.1 Å². The van der Waals surface area contributed by atoms with Gasteiger partial charge in [0.2, 0.25) is 6.41 Å². The third-order valence-corrected chi connectivity index (χ3v) is 3.76. The fraction of sp³-hybridized carbons (Fsp3) is 0.118. The van der Waals surface area contributed by atoms with Gasteiger partial charge in [-0.25, -0.2) is 0 Å². The lowest BCUT2D eigenvalue weighted by molar-refractivity contribution is -0.124. The van der Waals surface area contributed by atoms with Crippen molar-refractivity contribution in [2.75, 3.05) is 6.26 Å². The van der Waals surface area contributed by atoms with E-state index in [1.807, 2.05) is 60.7 Å². The molecule has 2 aromatic rings. The highest BCUT2D eigenvalue weighted by atomic mass is 32.2. The first-order valence-electron chi connectivity index (χ1n) is 6.71. The van der Waals surface area contributed by atoms with E-state index in [-0.39, 0.29) is 0 Å². The summed E-state index contributed by atoms with van der Waals surface area (Å²) in [7, 11) is 0. The highest BCUT2D eigenvalue weighted by molar-refractivity contribution is 7.99. The molecule has 0 aliphatic carbocycles. The summed E-state index contributed by atoms with van der Waals surface area (Å²) in [5.41, 5.74) is 2.57. The Morgan fingerprint density at radius 2 is 1.55 bits per heavy atom. The van der Waals surface area contributed by atoms with Gasteiger partial charge in [0, 0.05) is 11.1 Å². The van der Waals surface area contributed by atoms with Crippen molar-refractivity contribution in [2.24, 2.45) is 4.99 Å². The van der Waals surface area contributed by atoms with Gasteiger partial charge in [0.15, 0.2) is 5.37 Å². The lowest BCUT2D eigenvalue weighted by atomic mass is 10.0. The van der Waals surface area contributed by atoms with Gasteiger partial charge in [0.25, 0.3) is 5.91 Å². The summed E-state index contributed by atoms with van der Waals surface area (Å²) in [4.78, 5) is 26.9. The van der Waals surface area contributed by atoms with Crippen molar-refractivity contribution in [3.8, 4) is 0 Å². The van der Waals surface area contributed by atoms with Crippen molar-refractivity contribution in [3.05, 3.63) is 71.8 Å². The maximum Gasteiger partial charge on any atom is 0.261 e. The highest BCUT2D eigenvalue weighted by Gasteiger charge is 2.17. The Kier molecular flexibility index (Phi) is 5.91. The van der Waals surface area contributed by atoms with Crippen LogP contribution in [0.15, 0.2) is 65.7 Å². The number of hydrogen-bond donors (Lipinski definition) is 1. The van der Waals surface area contributed by atoms with E-state index in [2.05, 4.69) is 10.3 Å². The van der Waals surface area contributed by atoms with E-state index in [0.29, 0.717) is 6.41 Å². The van der Waals surface area contributed by atoms with Crippen LogP contribution in [0.25, 0.3) is 0 Å². The highest BCUT2D eigenvalue weighted by Crippen LogP contribution is 2.16. The van der Waals surface area contributed by atoms with Crippen LogP contribution in [0, 0.1) is 0 Å². The number of aliphatic imine (C=N–C) groups is 1. The van der Waals surface area contributed by atoms with Crippen molar-refractivity contribution in [3.63, 3.8) is 0 Å². The van der Waals surface area contributed by atoms with Gasteiger partial charge in [0.05, 0.1) is 5.71 Å². The number of rotatable bonds is 6. The van der Waals surface area contributed by atoms with E-state index >= 15 is 0 Å². The topological polar surface area (TPSA) is 58.5 Å². The third kappa shape index (κ3) is 4.05. The second-order valence-corrected chi connectivity index (χ2v) is 5.34. The molecule has 0 radical (unpaired) electrons. The molecule has 0 saturated carbocycles. The van der Waals surface area contributed by atoms with E-state index in [1.54, 1.807) is 6.26 Å². The molecule has 2 amide bonds. The summed E-state index contributed by atoms with van der Waals surface area (Å²) in [6.07, 6.45) is 2.16. The lowest BCUT2D eigenvalue weighted by Crippen LogP contribution is -2.31. The monoisotopic (exact) mass is 312 g/mol. The minimum atomic E-state index is -0.680. The van der Waals surface area contributed by atoms with Crippen molar-refractivity contribution in [1.82, 2.24) is 5.32 Å². The minimum absolute atomic E-state index is 0.381. The van der Waals surface area contributed by atoms with Gasteiger partial charge in [-0.15, -0.1) is 11.8 Å². The van der Waals surface area contributed by atoms with Crippen molar-refractivity contribution >= 4 is 29.8 Å². The molecule has 0 fully saturated rings. The number of hydrogen-bond acceptors (Lipinski definition) is 4. The molecule has 0 bridgehead atoms. The first kappa shape index (κ1) is 16.0. The number of thioether (sulfide) groups is 1. The van der Waals surface area contributed by atoms with Gasteiger partial charge >= 0.3 is 0 Å². The Morgan fingerprint density at radius 3 is 1.95 bits per heavy atom. The third-order valence-electron chi connectivity index (χ3n) is 2.99. The second kappa shape index (κ2) is 8.14. The lowest BCUT2D eigenvalue weighted by Gasteiger charge is -2.12. The average Bonchev–Trinajstić information content (AvgIpc) is 2.57. The molecular weight excluding hydrogens is 296 g/mol. The van der Waals surface area contributed by atoms with Crippen LogP contribution in [0.5, 0.6) is 0 Å². The van der Waals surface area contributed by atoms with Crippen LogP contribution >= 0.6 is 11.8 Å². The van der Waals surface area contributed by atoms with Gasteiger partial charge in [-0.1, -0.05) is 60.7 Å². The number of carbonyl (C=O) groups is 2. The molecule has 0 aliphatic rings. The zero-order valence-electron chi connectivity index (χ0n) is 12.1. The minimum Gasteiger partial charge on any atom is -0.296 e. The van der Waals surface area contributed by atoms with Gasteiger partial charge < -0.3 is 0 Å². The summed E-state index contributed by atoms with van der Waals surface area (Å²) in [5.74, 6) is -0.424. The molecule has 1 N–H and O–H groups in total. The fourth-order valence-electron chi connectivity index (χ4n) is 1.97. The molecule has 112 valence electrons. The predicted molar refractivity (Wildman–Crippen MR) is 90.0 cm³/mol. The zero-order chi connectivity index (χ0) is 15.8. The molecule has 4 nitrogen and oxygen atoms in total. The van der Waals surface area contributed by atoms with Crippen molar-refractivity contribution < 1.29 is 9.59 Å². The van der Waals surface area contributed by atoms with Gasteiger partial charge in [-0.3, -0.25) is 19.9 Å². The molecule has 0 aliphatic heterocycles. The van der Waals surface area contributed by atoms with E-state index < -0.39 is 11.3 Å². The van der Waals surface area contributed by atoms with E-state index in [1.165, 1.54) is 11.8 Å². The quantitative estimate of drug-likeness (QED) is 0.658. The molecule has 0 aromatic heterocycles. The molecule has 1 unspecified atom stereocenters.